The van der Waals surface area contributed by atoms with Gasteiger partial charge in [0.25, 0.3) is 0 Å². The number of aromatic nitrogens is 2. The van der Waals surface area contributed by atoms with E-state index < -0.39 is 0 Å². The molecule has 1 heterocycles. The van der Waals surface area contributed by atoms with Crippen LogP contribution in [0.4, 0.5) is 0 Å². The summed E-state index contributed by atoms with van der Waals surface area (Å²) < 4.78 is 1.87. The van der Waals surface area contributed by atoms with Crippen LogP contribution in [0.25, 0.3) is 0 Å². The zero-order valence-electron chi connectivity index (χ0n) is 12.4. The maximum Gasteiger partial charge on any atom is 0.193 e. The van der Waals surface area contributed by atoms with Crippen molar-refractivity contribution in [3.63, 3.8) is 0 Å². The molecule has 1 aliphatic carbocycles. The molecule has 0 N–H and O–H groups in total. The lowest BCUT2D eigenvalue weighted by Gasteiger charge is -2.14. The fourth-order valence-electron chi connectivity index (χ4n) is 2.66. The third-order valence-electron chi connectivity index (χ3n) is 3.61. The first kappa shape index (κ1) is 13.6. The van der Waals surface area contributed by atoms with E-state index in [1.54, 1.807) is 0 Å². The van der Waals surface area contributed by atoms with Gasteiger partial charge in [-0.1, -0.05) is 30.3 Å². The highest BCUT2D eigenvalue weighted by atomic mass is 16.1. The van der Waals surface area contributed by atoms with Gasteiger partial charge in [0, 0.05) is 32.1 Å². The monoisotopic (exact) mass is 281 g/mol. The van der Waals surface area contributed by atoms with Gasteiger partial charge < -0.3 is 4.90 Å². The third kappa shape index (κ3) is 2.89. The van der Waals surface area contributed by atoms with Crippen LogP contribution in [0.15, 0.2) is 48.3 Å². The lowest BCUT2D eigenvalue weighted by Crippen LogP contribution is -2.16. The third-order valence-corrected chi connectivity index (χ3v) is 3.61. The van der Waals surface area contributed by atoms with Crippen molar-refractivity contribution in [2.24, 2.45) is 0 Å². The molecule has 0 radical (unpaired) electrons. The Kier molecular flexibility index (Phi) is 3.60. The number of benzene rings is 1. The number of carbonyl (C=O) groups excluding carboxylic acids is 1. The van der Waals surface area contributed by atoms with Gasteiger partial charge in [-0.15, -0.1) is 0 Å². The van der Waals surface area contributed by atoms with Crippen molar-refractivity contribution in [1.82, 2.24) is 14.7 Å². The van der Waals surface area contributed by atoms with E-state index >= 15 is 0 Å². The Morgan fingerprint density at radius 1 is 1.24 bits per heavy atom. The van der Waals surface area contributed by atoms with E-state index in [0.29, 0.717) is 6.54 Å². The first-order chi connectivity index (χ1) is 10.1. The number of hydrogen-bond donors (Lipinski definition) is 0. The van der Waals surface area contributed by atoms with Gasteiger partial charge in [-0.2, -0.15) is 5.10 Å². The maximum atomic E-state index is 12.5. The van der Waals surface area contributed by atoms with Crippen LogP contribution in [0.3, 0.4) is 0 Å². The van der Waals surface area contributed by atoms with Crippen molar-refractivity contribution >= 4 is 5.78 Å². The van der Waals surface area contributed by atoms with Crippen LogP contribution < -0.4 is 0 Å². The molecule has 0 saturated carbocycles. The number of nitrogens with zero attached hydrogens (tertiary/aromatic N) is 3. The van der Waals surface area contributed by atoms with E-state index in [0.717, 1.165) is 29.7 Å². The summed E-state index contributed by atoms with van der Waals surface area (Å²) in [6.45, 7) is 0.702. The van der Waals surface area contributed by atoms with Gasteiger partial charge in [0.1, 0.15) is 0 Å². The molecule has 108 valence electrons. The molecule has 0 aliphatic heterocycles. The molecule has 2 aromatic rings. The SMILES string of the molecule is CN(C)C=C1CCc2nn(Cc3ccccc3)cc2C1=O. The Morgan fingerprint density at radius 2 is 2.00 bits per heavy atom. The Bertz CT molecular complexity index is 683. The van der Waals surface area contributed by atoms with Gasteiger partial charge in [-0.25, -0.2) is 0 Å². The van der Waals surface area contributed by atoms with E-state index in [1.165, 1.54) is 5.56 Å². The van der Waals surface area contributed by atoms with Crippen molar-refractivity contribution in [3.8, 4) is 0 Å². The number of allylic oxidation sites excluding steroid dienone is 1. The molecular formula is C17H19N3O. The van der Waals surface area contributed by atoms with Gasteiger partial charge >= 0.3 is 0 Å². The van der Waals surface area contributed by atoms with Crippen LogP contribution in [-0.4, -0.2) is 34.6 Å². The van der Waals surface area contributed by atoms with E-state index in [-0.39, 0.29) is 5.78 Å². The molecule has 0 atom stereocenters. The van der Waals surface area contributed by atoms with E-state index in [4.69, 9.17) is 0 Å². The van der Waals surface area contributed by atoms with Crippen LogP contribution in [-0.2, 0) is 13.0 Å². The molecule has 21 heavy (non-hydrogen) atoms. The van der Waals surface area contributed by atoms with Crippen molar-refractivity contribution in [2.45, 2.75) is 19.4 Å². The fourth-order valence-corrected chi connectivity index (χ4v) is 2.66. The molecule has 4 nitrogen and oxygen atoms in total. The standard InChI is InChI=1S/C17H19N3O/c1-19(2)11-14-8-9-16-15(17(14)21)12-20(18-16)10-13-6-4-3-5-7-13/h3-7,11-12H,8-10H2,1-2H3. The highest BCUT2D eigenvalue weighted by molar-refractivity contribution is 6.10. The maximum absolute atomic E-state index is 12.5. The molecule has 0 bridgehead atoms. The summed E-state index contributed by atoms with van der Waals surface area (Å²) in [4.78, 5) is 14.4. The van der Waals surface area contributed by atoms with Crippen LogP contribution >= 0.6 is 0 Å². The van der Waals surface area contributed by atoms with Gasteiger partial charge in [-0.05, 0) is 18.4 Å². The average Bonchev–Trinajstić information content (AvgIpc) is 2.86. The Labute approximate surface area is 124 Å². The van der Waals surface area contributed by atoms with Gasteiger partial charge in [0.05, 0.1) is 17.8 Å². The molecule has 0 unspecified atom stereocenters. The Morgan fingerprint density at radius 3 is 2.71 bits per heavy atom. The average molecular weight is 281 g/mol. The van der Waals surface area contributed by atoms with Crippen LogP contribution in [0, 0.1) is 0 Å². The van der Waals surface area contributed by atoms with E-state index in [2.05, 4.69) is 17.2 Å². The molecule has 1 aromatic carbocycles. The number of fused-ring (bicyclic) bond motifs is 1. The summed E-state index contributed by atoms with van der Waals surface area (Å²) in [5.74, 6) is 0.115. The molecule has 0 fully saturated rings. The number of aryl methyl sites for hydroxylation is 1. The first-order valence-corrected chi connectivity index (χ1v) is 7.15. The van der Waals surface area contributed by atoms with Crippen molar-refractivity contribution < 1.29 is 4.79 Å². The van der Waals surface area contributed by atoms with Gasteiger partial charge in [-0.3, -0.25) is 9.48 Å². The molecule has 4 heteroatoms. The van der Waals surface area contributed by atoms with Crippen LogP contribution in [0.2, 0.25) is 0 Å². The molecular weight excluding hydrogens is 262 g/mol. The molecule has 1 aliphatic rings. The second-order valence-electron chi connectivity index (χ2n) is 5.62. The molecule has 0 spiro atoms. The highest BCUT2D eigenvalue weighted by Crippen LogP contribution is 2.24. The summed E-state index contributed by atoms with van der Waals surface area (Å²) in [5, 5.41) is 4.57. The molecule has 1 aromatic heterocycles. The highest BCUT2D eigenvalue weighted by Gasteiger charge is 2.25. The number of carbonyl (C=O) groups is 1. The molecule has 0 amide bonds. The molecule has 0 saturated heterocycles. The molecule has 3 rings (SSSR count). The zero-order valence-corrected chi connectivity index (χ0v) is 12.4. The van der Waals surface area contributed by atoms with Crippen molar-refractivity contribution in [3.05, 3.63) is 65.1 Å². The normalized spacial score (nSPS) is 16.1. The van der Waals surface area contributed by atoms with E-state index in [1.807, 2.05) is 54.3 Å². The lowest BCUT2D eigenvalue weighted by molar-refractivity contribution is 0.102. The lowest BCUT2D eigenvalue weighted by atomic mass is 9.92. The number of rotatable bonds is 3. The largest absolute Gasteiger partial charge is 0.383 e. The van der Waals surface area contributed by atoms with Crippen LogP contribution in [0.1, 0.15) is 28.0 Å². The summed E-state index contributed by atoms with van der Waals surface area (Å²) in [6.07, 6.45) is 5.40. The van der Waals surface area contributed by atoms with Gasteiger partial charge in [0.15, 0.2) is 5.78 Å². The predicted molar refractivity (Wildman–Crippen MR) is 82.2 cm³/mol. The van der Waals surface area contributed by atoms with Crippen LogP contribution in [0.5, 0.6) is 0 Å². The number of Topliss-reactive ketones (excluding diaryl/α,β-unsaturated/α-hetero) is 1. The smallest absolute Gasteiger partial charge is 0.193 e. The number of ketones is 1. The topological polar surface area (TPSA) is 38.1 Å². The summed E-state index contributed by atoms with van der Waals surface area (Å²) in [7, 11) is 3.88. The van der Waals surface area contributed by atoms with E-state index in [9.17, 15) is 4.79 Å². The van der Waals surface area contributed by atoms with Crippen molar-refractivity contribution in [1.29, 1.82) is 0 Å². The Hall–Kier alpha value is -2.36. The minimum absolute atomic E-state index is 0.115. The summed E-state index contributed by atoms with van der Waals surface area (Å²) in [6, 6.07) is 10.2. The number of hydrogen-bond acceptors (Lipinski definition) is 3. The fraction of sp³-hybridized carbons (Fsp3) is 0.294. The second kappa shape index (κ2) is 5.56. The summed E-state index contributed by atoms with van der Waals surface area (Å²) in [5.41, 5.74) is 3.73. The summed E-state index contributed by atoms with van der Waals surface area (Å²) >= 11 is 0. The Balaban J connectivity index is 1.86. The first-order valence-electron chi connectivity index (χ1n) is 7.15. The predicted octanol–water partition coefficient (Wildman–Crippen LogP) is 2.51. The van der Waals surface area contributed by atoms with Crippen molar-refractivity contribution in [2.75, 3.05) is 14.1 Å². The van der Waals surface area contributed by atoms with Gasteiger partial charge in [0.2, 0.25) is 0 Å². The minimum atomic E-state index is 0.115. The minimum Gasteiger partial charge on any atom is -0.383 e. The second-order valence-corrected chi connectivity index (χ2v) is 5.62. The quantitative estimate of drug-likeness (QED) is 0.811. The zero-order chi connectivity index (χ0) is 14.8.